The van der Waals surface area contributed by atoms with Gasteiger partial charge < -0.3 is 0 Å². The van der Waals surface area contributed by atoms with Crippen molar-refractivity contribution in [2.75, 3.05) is 0 Å². The van der Waals surface area contributed by atoms with Crippen molar-refractivity contribution in [1.29, 1.82) is 0 Å². The zero-order valence-electron chi connectivity index (χ0n) is 8.91. The minimum atomic E-state index is 0.234. The van der Waals surface area contributed by atoms with Crippen molar-refractivity contribution in [3.8, 4) is 0 Å². The van der Waals surface area contributed by atoms with E-state index in [0.717, 1.165) is 21.5 Å². The van der Waals surface area contributed by atoms with Gasteiger partial charge >= 0.3 is 0 Å². The highest BCUT2D eigenvalue weighted by molar-refractivity contribution is 9.11. The first-order valence-corrected chi connectivity index (χ1v) is 7.23. The Hall–Kier alpha value is -0.380. The summed E-state index contributed by atoms with van der Waals surface area (Å²) in [6, 6.07) is 9.87. The molecule has 4 heteroatoms. The third kappa shape index (κ3) is 3.54. The molecule has 0 radical (unpaired) electrons. The van der Waals surface area contributed by atoms with Gasteiger partial charge in [-0.15, -0.1) is 0 Å². The van der Waals surface area contributed by atoms with E-state index in [2.05, 4.69) is 36.8 Å². The van der Waals surface area contributed by atoms with Crippen LogP contribution in [0, 0.1) is 0 Å². The van der Waals surface area contributed by atoms with Crippen LogP contribution in [0.3, 0.4) is 0 Å². The number of nitrogens with zero attached hydrogens (tertiary/aromatic N) is 1. The van der Waals surface area contributed by atoms with Gasteiger partial charge in [-0.25, -0.2) is 0 Å². The van der Waals surface area contributed by atoms with Crippen molar-refractivity contribution in [2.45, 2.75) is 11.2 Å². The maximum absolute atomic E-state index is 6.01. The number of pyridine rings is 1. The Labute approximate surface area is 122 Å². The minimum absolute atomic E-state index is 0.234. The van der Waals surface area contributed by atoms with Gasteiger partial charge in [-0.05, 0) is 47.9 Å². The van der Waals surface area contributed by atoms with Crippen LogP contribution in [0.25, 0.3) is 0 Å². The van der Waals surface area contributed by atoms with Gasteiger partial charge in [0.2, 0.25) is 0 Å². The molecule has 1 aromatic heterocycles. The molecule has 17 heavy (non-hydrogen) atoms. The maximum Gasteiger partial charge on any atom is 0.0447 e. The van der Waals surface area contributed by atoms with Gasteiger partial charge in [0.15, 0.2) is 0 Å². The fourth-order valence-corrected chi connectivity index (χ4v) is 3.35. The van der Waals surface area contributed by atoms with Crippen LogP contribution in [-0.4, -0.2) is 4.98 Å². The number of aromatic nitrogens is 1. The number of benzene rings is 1. The van der Waals surface area contributed by atoms with Gasteiger partial charge in [0.1, 0.15) is 0 Å². The van der Waals surface area contributed by atoms with Crippen LogP contribution in [0.5, 0.6) is 0 Å². The summed E-state index contributed by atoms with van der Waals surface area (Å²) in [5.74, 6) is 0. The van der Waals surface area contributed by atoms with E-state index in [9.17, 15) is 0 Å². The summed E-state index contributed by atoms with van der Waals surface area (Å²) in [5.41, 5.74) is 2.41. The van der Waals surface area contributed by atoms with Crippen molar-refractivity contribution in [3.63, 3.8) is 0 Å². The summed E-state index contributed by atoms with van der Waals surface area (Å²) in [6.07, 6.45) is 4.52. The molecule has 0 aliphatic carbocycles. The van der Waals surface area contributed by atoms with E-state index in [1.807, 2.05) is 42.7 Å². The van der Waals surface area contributed by atoms with Crippen molar-refractivity contribution in [2.24, 2.45) is 0 Å². The summed E-state index contributed by atoms with van der Waals surface area (Å²) in [4.78, 5) is 4.25. The average molecular weight is 375 g/mol. The Morgan fingerprint density at radius 3 is 2.59 bits per heavy atom. The Balaban J connectivity index is 2.20. The molecule has 0 fully saturated rings. The summed E-state index contributed by atoms with van der Waals surface area (Å²) in [7, 11) is 0. The van der Waals surface area contributed by atoms with E-state index >= 15 is 0 Å². The lowest BCUT2D eigenvalue weighted by Gasteiger charge is -2.12. The molecule has 0 saturated heterocycles. The largest absolute Gasteiger partial charge is 0.265 e. The summed E-state index contributed by atoms with van der Waals surface area (Å²) < 4.78 is 1.07. The highest BCUT2D eigenvalue weighted by Crippen LogP contribution is 2.34. The van der Waals surface area contributed by atoms with Gasteiger partial charge in [0, 0.05) is 26.7 Å². The molecule has 88 valence electrons. The molecule has 1 aromatic carbocycles. The molecule has 0 spiro atoms. The Morgan fingerprint density at radius 1 is 1.18 bits per heavy atom. The molecular weight excluding hydrogens is 365 g/mol. The van der Waals surface area contributed by atoms with E-state index in [0.29, 0.717) is 0 Å². The topological polar surface area (TPSA) is 12.9 Å². The average Bonchev–Trinajstić information content (AvgIpc) is 2.33. The Morgan fingerprint density at radius 2 is 1.88 bits per heavy atom. The van der Waals surface area contributed by atoms with Gasteiger partial charge in [0.25, 0.3) is 0 Å². The maximum atomic E-state index is 6.01. The SMILES string of the molecule is Clc1ccc(Br)c(C(Br)Cc2ccncc2)c1. The molecule has 1 atom stereocenters. The van der Waals surface area contributed by atoms with Crippen molar-refractivity contribution < 1.29 is 0 Å². The van der Waals surface area contributed by atoms with E-state index < -0.39 is 0 Å². The van der Waals surface area contributed by atoms with Gasteiger partial charge in [0.05, 0.1) is 0 Å². The van der Waals surface area contributed by atoms with Crippen molar-refractivity contribution in [1.82, 2.24) is 4.98 Å². The zero-order valence-corrected chi connectivity index (χ0v) is 12.8. The van der Waals surface area contributed by atoms with Crippen molar-refractivity contribution >= 4 is 43.5 Å². The monoisotopic (exact) mass is 373 g/mol. The number of alkyl halides is 1. The Bertz CT molecular complexity index is 502. The Kier molecular flexibility index (Phi) is 4.60. The fraction of sp³-hybridized carbons (Fsp3) is 0.154. The van der Waals surface area contributed by atoms with Crippen LogP contribution < -0.4 is 0 Å². The van der Waals surface area contributed by atoms with E-state index in [1.54, 1.807) is 0 Å². The molecule has 0 N–H and O–H groups in total. The summed E-state index contributed by atoms with van der Waals surface area (Å²) >= 11 is 13.3. The molecule has 1 nitrogen and oxygen atoms in total. The van der Waals surface area contributed by atoms with Crippen LogP contribution in [0.4, 0.5) is 0 Å². The highest BCUT2D eigenvalue weighted by atomic mass is 79.9. The van der Waals surface area contributed by atoms with Crippen LogP contribution in [0.1, 0.15) is 16.0 Å². The van der Waals surface area contributed by atoms with Crippen molar-refractivity contribution in [3.05, 3.63) is 63.3 Å². The molecule has 0 aliphatic rings. The normalized spacial score (nSPS) is 12.4. The molecule has 2 rings (SSSR count). The lowest BCUT2D eigenvalue weighted by Crippen LogP contribution is -1.96. The second kappa shape index (κ2) is 5.98. The fourth-order valence-electron chi connectivity index (χ4n) is 1.59. The molecule has 1 unspecified atom stereocenters. The predicted molar refractivity (Wildman–Crippen MR) is 78.8 cm³/mol. The quantitative estimate of drug-likeness (QED) is 0.674. The predicted octanol–water partition coefficient (Wildman–Crippen LogP) is 5.18. The third-order valence-corrected chi connectivity index (χ3v) is 4.23. The first kappa shape index (κ1) is 13.1. The van der Waals surface area contributed by atoms with Crippen LogP contribution in [-0.2, 0) is 6.42 Å². The number of hydrogen-bond acceptors (Lipinski definition) is 1. The first-order valence-electron chi connectivity index (χ1n) is 5.15. The summed E-state index contributed by atoms with van der Waals surface area (Å²) in [5, 5.41) is 0.752. The van der Waals surface area contributed by atoms with Gasteiger partial charge in [-0.3, -0.25) is 4.98 Å². The van der Waals surface area contributed by atoms with Crippen LogP contribution in [0.15, 0.2) is 47.2 Å². The summed E-state index contributed by atoms with van der Waals surface area (Å²) in [6.45, 7) is 0. The molecule has 0 aliphatic heterocycles. The van der Waals surface area contributed by atoms with Gasteiger partial charge in [-0.1, -0.05) is 43.5 Å². The number of halogens is 3. The van der Waals surface area contributed by atoms with E-state index in [1.165, 1.54) is 5.56 Å². The first-order chi connectivity index (χ1) is 8.16. The molecular formula is C13H10Br2ClN. The standard InChI is InChI=1S/C13H10Br2ClN/c14-12-2-1-10(16)8-11(12)13(15)7-9-3-5-17-6-4-9/h1-6,8,13H,7H2. The lowest BCUT2D eigenvalue weighted by atomic mass is 10.1. The molecule has 0 bridgehead atoms. The highest BCUT2D eigenvalue weighted by Gasteiger charge is 2.12. The molecule has 2 aromatic rings. The second-order valence-corrected chi connectivity index (χ2v) is 6.09. The van der Waals surface area contributed by atoms with E-state index in [-0.39, 0.29) is 4.83 Å². The second-order valence-electron chi connectivity index (χ2n) is 3.69. The molecule has 0 amide bonds. The van der Waals surface area contributed by atoms with E-state index in [4.69, 9.17) is 11.6 Å². The smallest absolute Gasteiger partial charge is 0.0447 e. The lowest BCUT2D eigenvalue weighted by molar-refractivity contribution is 0.939. The zero-order chi connectivity index (χ0) is 12.3. The number of rotatable bonds is 3. The van der Waals surface area contributed by atoms with Gasteiger partial charge in [-0.2, -0.15) is 0 Å². The minimum Gasteiger partial charge on any atom is -0.265 e. The van der Waals surface area contributed by atoms with Crippen LogP contribution >= 0.6 is 43.5 Å². The van der Waals surface area contributed by atoms with Crippen LogP contribution in [0.2, 0.25) is 5.02 Å². The molecule has 0 saturated carbocycles. The number of hydrogen-bond donors (Lipinski definition) is 0. The third-order valence-electron chi connectivity index (χ3n) is 2.46. The molecule has 1 heterocycles.